The summed E-state index contributed by atoms with van der Waals surface area (Å²) in [5, 5.41) is 1.61. The Labute approximate surface area is 143 Å². The van der Waals surface area contributed by atoms with Gasteiger partial charge in [-0.15, -0.1) is 0 Å². The summed E-state index contributed by atoms with van der Waals surface area (Å²) in [6, 6.07) is 18.3. The minimum absolute atomic E-state index is 0.238. The second-order valence-corrected chi connectivity index (χ2v) is 6.72. The second-order valence-electron chi connectivity index (χ2n) is 5.13. The van der Waals surface area contributed by atoms with E-state index in [0.29, 0.717) is 5.39 Å². The van der Waals surface area contributed by atoms with E-state index in [-0.39, 0.29) is 11.5 Å². The molecule has 0 saturated carbocycles. The Hall–Kier alpha value is -2.24. The lowest BCUT2D eigenvalue weighted by molar-refractivity contribution is 0.311. The fraction of sp³-hybridized carbons (Fsp3) is 0.211. The van der Waals surface area contributed by atoms with Crippen molar-refractivity contribution in [1.82, 2.24) is 4.98 Å². The quantitative estimate of drug-likeness (QED) is 0.508. The van der Waals surface area contributed by atoms with Crippen LogP contribution in [0.1, 0.15) is 19.8 Å². The van der Waals surface area contributed by atoms with Crippen LogP contribution in [0.2, 0.25) is 0 Å². The van der Waals surface area contributed by atoms with Crippen LogP contribution in [0.4, 0.5) is 0 Å². The van der Waals surface area contributed by atoms with Gasteiger partial charge in [0.05, 0.1) is 6.61 Å². The van der Waals surface area contributed by atoms with Gasteiger partial charge in [-0.3, -0.25) is 9.17 Å². The molecule has 0 aliphatic carbocycles. The summed E-state index contributed by atoms with van der Waals surface area (Å²) in [5.74, 6) is 0. The molecule has 1 aromatic heterocycles. The molecule has 2 aromatic carbocycles. The van der Waals surface area contributed by atoms with Gasteiger partial charge in [0.1, 0.15) is 4.90 Å². The van der Waals surface area contributed by atoms with Gasteiger partial charge in [0.25, 0.3) is 10.1 Å². The van der Waals surface area contributed by atoms with Crippen molar-refractivity contribution >= 4 is 20.9 Å². The van der Waals surface area contributed by atoms with E-state index in [0.717, 1.165) is 18.2 Å². The zero-order chi connectivity index (χ0) is 17.3. The molecule has 0 amide bonds. The maximum Gasteiger partial charge on any atom is 0.297 e. The van der Waals surface area contributed by atoms with Gasteiger partial charge < -0.3 is 0 Å². The van der Waals surface area contributed by atoms with Crippen LogP contribution < -0.4 is 0 Å². The molecule has 4 nitrogen and oxygen atoms in total. The van der Waals surface area contributed by atoms with Gasteiger partial charge in [-0.1, -0.05) is 55.8 Å². The first-order valence-electron chi connectivity index (χ1n) is 7.87. The average molecular weight is 343 g/mol. The molecule has 1 heterocycles. The molecular weight excluding hydrogens is 322 g/mol. The fourth-order valence-electron chi connectivity index (χ4n) is 2.10. The molecule has 0 atom stereocenters. The van der Waals surface area contributed by atoms with E-state index in [1.807, 2.05) is 49.4 Å². The van der Waals surface area contributed by atoms with E-state index < -0.39 is 10.1 Å². The Morgan fingerprint density at radius 3 is 2.25 bits per heavy atom. The number of fused-ring (bicyclic) bond motifs is 1. The van der Waals surface area contributed by atoms with Gasteiger partial charge in [0.2, 0.25) is 0 Å². The van der Waals surface area contributed by atoms with E-state index in [1.165, 1.54) is 0 Å². The average Bonchev–Trinajstić information content (AvgIpc) is 2.63. The molecule has 0 radical (unpaired) electrons. The Morgan fingerprint density at radius 2 is 1.62 bits per heavy atom. The van der Waals surface area contributed by atoms with Gasteiger partial charge >= 0.3 is 0 Å². The minimum atomic E-state index is -3.66. The molecule has 0 spiro atoms. The number of aromatic nitrogens is 1. The fourth-order valence-corrected chi connectivity index (χ4v) is 3.27. The Kier molecular flexibility index (Phi) is 6.90. The molecule has 0 N–H and O–H groups in total. The van der Waals surface area contributed by atoms with Crippen molar-refractivity contribution < 1.29 is 12.6 Å². The van der Waals surface area contributed by atoms with E-state index in [9.17, 15) is 8.42 Å². The van der Waals surface area contributed by atoms with E-state index in [4.69, 9.17) is 4.18 Å². The van der Waals surface area contributed by atoms with Gasteiger partial charge in [0, 0.05) is 17.8 Å². The number of unbranched alkanes of at least 4 members (excludes halogenated alkanes) is 1. The van der Waals surface area contributed by atoms with Crippen LogP contribution in [0.5, 0.6) is 0 Å². The van der Waals surface area contributed by atoms with E-state index in [1.54, 1.807) is 30.6 Å². The summed E-state index contributed by atoms with van der Waals surface area (Å²) < 4.78 is 29.2. The van der Waals surface area contributed by atoms with Crippen molar-refractivity contribution in [1.29, 1.82) is 0 Å². The number of pyridine rings is 1. The van der Waals surface area contributed by atoms with Gasteiger partial charge in [-0.25, -0.2) is 0 Å². The first kappa shape index (κ1) is 18.1. The number of hydrogen-bond acceptors (Lipinski definition) is 4. The van der Waals surface area contributed by atoms with Crippen molar-refractivity contribution in [3.05, 3.63) is 73.1 Å². The Morgan fingerprint density at radius 1 is 0.917 bits per heavy atom. The molecule has 5 heteroatoms. The van der Waals surface area contributed by atoms with Gasteiger partial charge in [-0.05, 0) is 30.0 Å². The normalized spacial score (nSPS) is 10.9. The first-order chi connectivity index (χ1) is 11.6. The number of nitrogens with zero attached hydrogens (tertiary/aromatic N) is 1. The highest BCUT2D eigenvalue weighted by Gasteiger charge is 2.17. The summed E-state index contributed by atoms with van der Waals surface area (Å²) in [6.07, 6.45) is 5.15. The molecule has 0 bridgehead atoms. The van der Waals surface area contributed by atoms with E-state index in [2.05, 4.69) is 4.98 Å². The number of benzene rings is 2. The van der Waals surface area contributed by atoms with E-state index >= 15 is 0 Å². The van der Waals surface area contributed by atoms with Crippen LogP contribution in [0.15, 0.2) is 78.0 Å². The third-order valence-corrected chi connectivity index (χ3v) is 4.69. The summed E-state index contributed by atoms with van der Waals surface area (Å²) in [6.45, 7) is 2.23. The highest BCUT2D eigenvalue weighted by Crippen LogP contribution is 2.24. The molecule has 0 aliphatic rings. The molecule has 0 unspecified atom stereocenters. The van der Waals surface area contributed by atoms with Crippen molar-refractivity contribution in [2.45, 2.75) is 24.7 Å². The summed E-state index contributed by atoms with van der Waals surface area (Å²) in [5.41, 5.74) is 0. The molecule has 3 aromatic rings. The lowest BCUT2D eigenvalue weighted by Gasteiger charge is -2.08. The molecule has 0 saturated heterocycles. The minimum Gasteiger partial charge on any atom is -0.266 e. The molecule has 24 heavy (non-hydrogen) atoms. The highest BCUT2D eigenvalue weighted by atomic mass is 32.2. The van der Waals surface area contributed by atoms with Crippen molar-refractivity contribution in [3.8, 4) is 0 Å². The molecule has 0 fully saturated rings. The summed E-state index contributed by atoms with van der Waals surface area (Å²) in [7, 11) is -3.66. The second kappa shape index (κ2) is 9.15. The van der Waals surface area contributed by atoms with Crippen molar-refractivity contribution in [3.63, 3.8) is 0 Å². The van der Waals surface area contributed by atoms with Crippen LogP contribution in [-0.4, -0.2) is 20.0 Å². The SMILES string of the molecule is CCCCOS(=O)(=O)c1cccc2ccccc12.c1ccncc1. The van der Waals surface area contributed by atoms with Crippen LogP contribution in [0, 0.1) is 0 Å². The molecule has 3 rings (SSSR count). The van der Waals surface area contributed by atoms with Crippen molar-refractivity contribution in [2.24, 2.45) is 0 Å². The van der Waals surface area contributed by atoms with Gasteiger partial charge in [-0.2, -0.15) is 8.42 Å². The Balaban J connectivity index is 0.000000292. The number of hydrogen-bond donors (Lipinski definition) is 0. The maximum atomic E-state index is 12.1. The molecular formula is C19H21NO3S. The molecule has 126 valence electrons. The monoisotopic (exact) mass is 343 g/mol. The number of rotatable bonds is 5. The van der Waals surface area contributed by atoms with Crippen LogP contribution in [0.3, 0.4) is 0 Å². The van der Waals surface area contributed by atoms with Crippen LogP contribution in [0.25, 0.3) is 10.8 Å². The predicted molar refractivity (Wildman–Crippen MR) is 96.2 cm³/mol. The lowest BCUT2D eigenvalue weighted by atomic mass is 10.1. The molecule has 0 aliphatic heterocycles. The largest absolute Gasteiger partial charge is 0.297 e. The zero-order valence-corrected chi connectivity index (χ0v) is 14.4. The Bertz CT molecular complexity index is 817. The lowest BCUT2D eigenvalue weighted by Crippen LogP contribution is -2.08. The summed E-state index contributed by atoms with van der Waals surface area (Å²) >= 11 is 0. The standard InChI is InChI=1S/C14H16O3S.C5H5N/c1-2-3-11-17-18(15,16)14-10-6-8-12-7-4-5-9-13(12)14;1-2-4-6-5-3-1/h4-10H,2-3,11H2,1H3;1-5H. The topological polar surface area (TPSA) is 56.3 Å². The summed E-state index contributed by atoms with van der Waals surface area (Å²) in [4.78, 5) is 4.03. The highest BCUT2D eigenvalue weighted by molar-refractivity contribution is 7.87. The zero-order valence-electron chi connectivity index (χ0n) is 13.6. The van der Waals surface area contributed by atoms with Crippen molar-refractivity contribution in [2.75, 3.05) is 6.61 Å². The third kappa shape index (κ3) is 5.15. The van der Waals surface area contributed by atoms with Crippen LogP contribution >= 0.6 is 0 Å². The van der Waals surface area contributed by atoms with Crippen LogP contribution in [-0.2, 0) is 14.3 Å². The third-order valence-electron chi connectivity index (χ3n) is 3.32. The predicted octanol–water partition coefficient (Wildman–Crippen LogP) is 4.43. The van der Waals surface area contributed by atoms with Gasteiger partial charge in [0.15, 0.2) is 0 Å². The maximum absolute atomic E-state index is 12.1. The smallest absolute Gasteiger partial charge is 0.266 e. The first-order valence-corrected chi connectivity index (χ1v) is 9.28.